The molecule has 2 nitrogen and oxygen atoms in total. The molecular weight excluding hydrogens is 246 g/mol. The van der Waals surface area contributed by atoms with Crippen LogP contribution in [0.4, 0.5) is 0 Å². The predicted octanol–water partition coefficient (Wildman–Crippen LogP) is 5.11. The lowest BCUT2D eigenvalue weighted by Gasteiger charge is -2.02. The molecule has 0 unspecified atom stereocenters. The number of hydrogen-bond acceptors (Lipinski definition) is 2. The minimum atomic E-state index is 0.348. The van der Waals surface area contributed by atoms with Crippen LogP contribution in [0.3, 0.4) is 0 Å². The second kappa shape index (κ2) is 11.6. The molecule has 0 N–H and O–H groups in total. The summed E-state index contributed by atoms with van der Waals surface area (Å²) in [6.07, 6.45) is 16.5. The summed E-state index contributed by atoms with van der Waals surface area (Å²) in [6, 6.07) is 3.86. The molecule has 1 heterocycles. The maximum absolute atomic E-state index is 11.8. The van der Waals surface area contributed by atoms with Crippen molar-refractivity contribution >= 4 is 5.78 Å². The smallest absolute Gasteiger partial charge is 0.137 e. The second-order valence-corrected chi connectivity index (χ2v) is 5.66. The van der Waals surface area contributed by atoms with Crippen LogP contribution in [0, 0.1) is 0 Å². The molecule has 0 spiro atoms. The highest BCUT2D eigenvalue weighted by molar-refractivity contribution is 5.80. The molecule has 20 heavy (non-hydrogen) atoms. The average molecular weight is 275 g/mol. The number of Topliss-reactive ketones (excluding diaryl/α,β-unsaturated/α-hetero) is 1. The molecule has 0 aliphatic carbocycles. The van der Waals surface area contributed by atoms with Crippen LogP contribution in [-0.4, -0.2) is 10.8 Å². The van der Waals surface area contributed by atoms with Crippen molar-refractivity contribution in [1.82, 2.24) is 4.98 Å². The van der Waals surface area contributed by atoms with E-state index in [0.717, 1.165) is 18.4 Å². The number of rotatable bonds is 12. The number of carbonyl (C=O) groups excluding carboxylic acids is 1. The Bertz CT molecular complexity index is 348. The van der Waals surface area contributed by atoms with Crippen molar-refractivity contribution in [3.05, 3.63) is 30.1 Å². The molecule has 112 valence electrons. The summed E-state index contributed by atoms with van der Waals surface area (Å²) in [5.41, 5.74) is 1.04. The summed E-state index contributed by atoms with van der Waals surface area (Å²) >= 11 is 0. The van der Waals surface area contributed by atoms with Crippen molar-refractivity contribution in [3.8, 4) is 0 Å². The monoisotopic (exact) mass is 275 g/mol. The molecule has 0 saturated carbocycles. The minimum absolute atomic E-state index is 0.348. The van der Waals surface area contributed by atoms with Crippen molar-refractivity contribution in [2.75, 3.05) is 0 Å². The van der Waals surface area contributed by atoms with E-state index in [9.17, 15) is 4.79 Å². The van der Waals surface area contributed by atoms with E-state index in [1.807, 2.05) is 12.1 Å². The molecule has 1 aromatic heterocycles. The van der Waals surface area contributed by atoms with Crippen LogP contribution in [0.15, 0.2) is 24.5 Å². The van der Waals surface area contributed by atoms with Crippen LogP contribution in [0.2, 0.25) is 0 Å². The molecular formula is C18H29NO. The molecule has 0 fully saturated rings. The molecule has 1 rings (SSSR count). The lowest BCUT2D eigenvalue weighted by Crippen LogP contribution is -2.02. The summed E-state index contributed by atoms with van der Waals surface area (Å²) in [6.45, 7) is 2.25. The Labute approximate surface area is 124 Å². The van der Waals surface area contributed by atoms with Crippen molar-refractivity contribution in [3.63, 3.8) is 0 Å². The Hall–Kier alpha value is -1.18. The van der Waals surface area contributed by atoms with Gasteiger partial charge in [-0.1, -0.05) is 64.4 Å². The van der Waals surface area contributed by atoms with E-state index in [2.05, 4.69) is 11.9 Å². The highest BCUT2D eigenvalue weighted by atomic mass is 16.1. The van der Waals surface area contributed by atoms with Crippen molar-refractivity contribution in [2.45, 2.75) is 77.6 Å². The van der Waals surface area contributed by atoms with Crippen LogP contribution in [0.1, 0.15) is 76.7 Å². The van der Waals surface area contributed by atoms with Gasteiger partial charge >= 0.3 is 0 Å². The van der Waals surface area contributed by atoms with Crippen molar-refractivity contribution < 1.29 is 4.79 Å². The Balaban J connectivity index is 1.92. The standard InChI is InChI=1S/C18H29NO/c1-2-3-4-5-6-7-8-9-10-13-18(20)15-17-12-11-14-19-16-17/h11-12,14,16H,2-10,13,15H2,1H3. The number of aromatic nitrogens is 1. The molecule has 0 radical (unpaired) electrons. The predicted molar refractivity (Wildman–Crippen MR) is 84.8 cm³/mol. The van der Waals surface area contributed by atoms with Gasteiger partial charge in [-0.25, -0.2) is 0 Å². The van der Waals surface area contributed by atoms with E-state index >= 15 is 0 Å². The quantitative estimate of drug-likeness (QED) is 0.496. The Kier molecular flexibility index (Phi) is 9.81. The Morgan fingerprint density at radius 3 is 2.25 bits per heavy atom. The molecule has 0 saturated heterocycles. The summed E-state index contributed by atoms with van der Waals surface area (Å²) in [5.74, 6) is 0.348. The lowest BCUT2D eigenvalue weighted by atomic mass is 10.0. The van der Waals surface area contributed by atoms with Crippen LogP contribution >= 0.6 is 0 Å². The largest absolute Gasteiger partial charge is 0.299 e. The van der Waals surface area contributed by atoms with Crippen LogP contribution in [0.5, 0.6) is 0 Å². The first kappa shape index (κ1) is 16.9. The summed E-state index contributed by atoms with van der Waals surface area (Å²) < 4.78 is 0. The Morgan fingerprint density at radius 2 is 1.65 bits per heavy atom. The third kappa shape index (κ3) is 8.84. The first-order chi connectivity index (χ1) is 9.83. The number of unbranched alkanes of at least 4 members (excludes halogenated alkanes) is 8. The number of pyridine rings is 1. The molecule has 0 amide bonds. The fraction of sp³-hybridized carbons (Fsp3) is 0.667. The Morgan fingerprint density at radius 1 is 1.00 bits per heavy atom. The first-order valence-electron chi connectivity index (χ1n) is 8.23. The molecule has 0 atom stereocenters. The first-order valence-corrected chi connectivity index (χ1v) is 8.23. The zero-order valence-electron chi connectivity index (χ0n) is 12.9. The van der Waals surface area contributed by atoms with Crippen molar-refractivity contribution in [2.24, 2.45) is 0 Å². The zero-order valence-corrected chi connectivity index (χ0v) is 12.9. The highest BCUT2D eigenvalue weighted by Gasteiger charge is 2.03. The van der Waals surface area contributed by atoms with Gasteiger partial charge in [0, 0.05) is 25.2 Å². The van der Waals surface area contributed by atoms with Crippen LogP contribution < -0.4 is 0 Å². The maximum Gasteiger partial charge on any atom is 0.137 e. The third-order valence-corrected chi connectivity index (χ3v) is 3.68. The van der Waals surface area contributed by atoms with Gasteiger partial charge in [-0.2, -0.15) is 0 Å². The summed E-state index contributed by atoms with van der Waals surface area (Å²) in [7, 11) is 0. The van der Waals surface area contributed by atoms with E-state index in [1.54, 1.807) is 12.4 Å². The van der Waals surface area contributed by atoms with Gasteiger partial charge in [-0.05, 0) is 18.1 Å². The van der Waals surface area contributed by atoms with Gasteiger partial charge in [0.1, 0.15) is 5.78 Å². The van der Waals surface area contributed by atoms with E-state index in [0.29, 0.717) is 12.2 Å². The normalized spacial score (nSPS) is 10.7. The van der Waals surface area contributed by atoms with Gasteiger partial charge in [0.25, 0.3) is 0 Å². The number of hydrogen-bond donors (Lipinski definition) is 0. The van der Waals surface area contributed by atoms with Crippen molar-refractivity contribution in [1.29, 1.82) is 0 Å². The topological polar surface area (TPSA) is 30.0 Å². The van der Waals surface area contributed by atoms with Crippen LogP contribution in [-0.2, 0) is 11.2 Å². The van der Waals surface area contributed by atoms with E-state index in [-0.39, 0.29) is 0 Å². The second-order valence-electron chi connectivity index (χ2n) is 5.66. The molecule has 2 heteroatoms. The van der Waals surface area contributed by atoms with Gasteiger partial charge in [0.15, 0.2) is 0 Å². The fourth-order valence-electron chi connectivity index (χ4n) is 2.45. The SMILES string of the molecule is CCCCCCCCCCCC(=O)Cc1cccnc1. The molecule has 1 aromatic rings. The van der Waals surface area contributed by atoms with E-state index in [1.165, 1.54) is 51.4 Å². The number of nitrogens with zero attached hydrogens (tertiary/aromatic N) is 1. The molecule has 0 aliphatic rings. The zero-order chi connectivity index (χ0) is 14.5. The molecule has 0 aliphatic heterocycles. The maximum atomic E-state index is 11.8. The van der Waals surface area contributed by atoms with Gasteiger partial charge in [0.05, 0.1) is 0 Å². The van der Waals surface area contributed by atoms with Gasteiger partial charge < -0.3 is 0 Å². The number of carbonyl (C=O) groups is 1. The van der Waals surface area contributed by atoms with Gasteiger partial charge in [-0.3, -0.25) is 9.78 Å². The summed E-state index contributed by atoms with van der Waals surface area (Å²) in [4.78, 5) is 15.8. The third-order valence-electron chi connectivity index (χ3n) is 3.68. The van der Waals surface area contributed by atoms with Gasteiger partial charge in [-0.15, -0.1) is 0 Å². The lowest BCUT2D eigenvalue weighted by molar-refractivity contribution is -0.118. The average Bonchev–Trinajstić information content (AvgIpc) is 2.46. The fourth-order valence-corrected chi connectivity index (χ4v) is 2.45. The van der Waals surface area contributed by atoms with Crippen LogP contribution in [0.25, 0.3) is 0 Å². The molecule has 0 aromatic carbocycles. The van der Waals surface area contributed by atoms with E-state index < -0.39 is 0 Å². The van der Waals surface area contributed by atoms with Gasteiger partial charge in [0.2, 0.25) is 0 Å². The highest BCUT2D eigenvalue weighted by Crippen LogP contribution is 2.11. The number of ketones is 1. The van der Waals surface area contributed by atoms with E-state index in [4.69, 9.17) is 0 Å². The minimum Gasteiger partial charge on any atom is -0.299 e. The molecule has 0 bridgehead atoms. The summed E-state index contributed by atoms with van der Waals surface area (Å²) in [5, 5.41) is 0.